The minimum atomic E-state index is -4.64. The molecular weight excluding hydrogens is 274 g/mol. The zero-order valence-electron chi connectivity index (χ0n) is 10.2. The average molecular weight is 285 g/mol. The van der Waals surface area contributed by atoms with Crippen LogP contribution in [0.4, 0.5) is 17.6 Å². The zero-order valence-corrected chi connectivity index (χ0v) is 10.2. The first kappa shape index (κ1) is 14.5. The van der Waals surface area contributed by atoms with E-state index in [-0.39, 0.29) is 6.42 Å². The van der Waals surface area contributed by atoms with Crippen molar-refractivity contribution in [2.45, 2.75) is 18.7 Å². The van der Waals surface area contributed by atoms with Crippen LogP contribution in [0.1, 0.15) is 22.9 Å². The van der Waals surface area contributed by atoms with Crippen molar-refractivity contribution in [2.75, 3.05) is 0 Å². The van der Waals surface area contributed by atoms with Gasteiger partial charge in [0.05, 0.1) is 11.7 Å². The summed E-state index contributed by atoms with van der Waals surface area (Å²) in [5.74, 6) is -0.826. The van der Waals surface area contributed by atoms with Crippen molar-refractivity contribution >= 4 is 0 Å². The van der Waals surface area contributed by atoms with Crippen LogP contribution in [0.3, 0.4) is 0 Å². The number of aromatic nitrogens is 1. The molecule has 1 N–H and O–H groups in total. The number of aliphatic hydroxyl groups is 1. The first-order valence-electron chi connectivity index (χ1n) is 5.82. The number of aliphatic hydroxyl groups excluding tert-OH is 1. The molecule has 1 atom stereocenters. The molecule has 0 bridgehead atoms. The third kappa shape index (κ3) is 3.33. The second kappa shape index (κ2) is 5.58. The fraction of sp³-hybridized carbons (Fsp3) is 0.214. The minimum Gasteiger partial charge on any atom is -0.388 e. The Kier molecular flexibility index (Phi) is 4.04. The van der Waals surface area contributed by atoms with Gasteiger partial charge in [0.1, 0.15) is 5.82 Å². The van der Waals surface area contributed by atoms with Gasteiger partial charge >= 0.3 is 6.18 Å². The summed E-state index contributed by atoms with van der Waals surface area (Å²) in [7, 11) is 0. The summed E-state index contributed by atoms with van der Waals surface area (Å²) in [6.07, 6.45) is -4.77. The number of benzene rings is 1. The molecule has 6 heteroatoms. The van der Waals surface area contributed by atoms with Crippen molar-refractivity contribution in [3.8, 4) is 0 Å². The Labute approximate surface area is 112 Å². The van der Waals surface area contributed by atoms with Crippen LogP contribution < -0.4 is 0 Å². The molecule has 0 aliphatic heterocycles. The van der Waals surface area contributed by atoms with Crippen LogP contribution in [-0.4, -0.2) is 10.1 Å². The molecule has 2 rings (SSSR count). The number of alkyl halides is 3. The van der Waals surface area contributed by atoms with Crippen LogP contribution in [0.2, 0.25) is 0 Å². The molecule has 20 heavy (non-hydrogen) atoms. The van der Waals surface area contributed by atoms with E-state index in [0.29, 0.717) is 17.8 Å². The van der Waals surface area contributed by atoms with E-state index in [2.05, 4.69) is 4.98 Å². The number of halogens is 4. The van der Waals surface area contributed by atoms with Crippen molar-refractivity contribution in [1.82, 2.24) is 4.98 Å². The molecule has 1 aromatic carbocycles. The first-order valence-corrected chi connectivity index (χ1v) is 5.82. The van der Waals surface area contributed by atoms with Gasteiger partial charge in [-0.3, -0.25) is 4.98 Å². The second-order valence-electron chi connectivity index (χ2n) is 4.27. The highest BCUT2D eigenvalue weighted by atomic mass is 19.4. The Morgan fingerprint density at radius 2 is 1.90 bits per heavy atom. The van der Waals surface area contributed by atoms with Gasteiger partial charge in [0.15, 0.2) is 0 Å². The molecule has 106 valence electrons. The van der Waals surface area contributed by atoms with Crippen LogP contribution in [0.15, 0.2) is 42.6 Å². The van der Waals surface area contributed by atoms with Crippen LogP contribution in [0.25, 0.3) is 0 Å². The van der Waals surface area contributed by atoms with Crippen molar-refractivity contribution in [2.24, 2.45) is 0 Å². The summed E-state index contributed by atoms with van der Waals surface area (Å²) in [6, 6.07) is 6.95. The molecule has 0 radical (unpaired) electrons. The Hall–Kier alpha value is -1.95. The number of rotatable bonds is 3. The van der Waals surface area contributed by atoms with E-state index >= 15 is 0 Å². The molecule has 0 saturated heterocycles. The molecule has 1 heterocycles. The Balaban J connectivity index is 2.34. The van der Waals surface area contributed by atoms with Gasteiger partial charge in [-0.1, -0.05) is 6.07 Å². The third-order valence-corrected chi connectivity index (χ3v) is 2.81. The predicted octanol–water partition coefficient (Wildman–Crippen LogP) is 3.52. The molecule has 0 amide bonds. The summed E-state index contributed by atoms with van der Waals surface area (Å²) in [5, 5.41) is 9.94. The molecular formula is C14H11F4NO. The summed E-state index contributed by atoms with van der Waals surface area (Å²) in [6.45, 7) is 0. The van der Waals surface area contributed by atoms with Gasteiger partial charge in [0.2, 0.25) is 0 Å². The van der Waals surface area contributed by atoms with Gasteiger partial charge < -0.3 is 5.11 Å². The fourth-order valence-electron chi connectivity index (χ4n) is 1.89. The SMILES string of the molecule is OC(Cc1ccccn1)c1cc(F)ccc1C(F)(F)F. The average Bonchev–Trinajstić information content (AvgIpc) is 2.38. The second-order valence-corrected chi connectivity index (χ2v) is 4.27. The quantitative estimate of drug-likeness (QED) is 0.875. The van der Waals surface area contributed by atoms with Gasteiger partial charge in [-0.05, 0) is 35.9 Å². The molecule has 0 aliphatic carbocycles. The molecule has 1 aromatic heterocycles. The van der Waals surface area contributed by atoms with E-state index in [1.165, 1.54) is 6.20 Å². The standard InChI is InChI=1S/C14H11F4NO/c15-9-4-5-12(14(16,17)18)11(7-9)13(20)8-10-3-1-2-6-19-10/h1-7,13,20H,8H2. The maximum absolute atomic E-state index is 13.1. The maximum Gasteiger partial charge on any atom is 0.416 e. The highest BCUT2D eigenvalue weighted by Crippen LogP contribution is 2.35. The van der Waals surface area contributed by atoms with Crippen LogP contribution in [0.5, 0.6) is 0 Å². The number of hydrogen-bond donors (Lipinski definition) is 1. The lowest BCUT2D eigenvalue weighted by atomic mass is 9.98. The highest BCUT2D eigenvalue weighted by Gasteiger charge is 2.35. The third-order valence-electron chi connectivity index (χ3n) is 2.81. The Morgan fingerprint density at radius 3 is 2.50 bits per heavy atom. The first-order chi connectivity index (χ1) is 9.38. The van der Waals surface area contributed by atoms with Crippen molar-refractivity contribution in [1.29, 1.82) is 0 Å². The van der Waals surface area contributed by atoms with Gasteiger partial charge in [0, 0.05) is 18.3 Å². The summed E-state index contributed by atoms with van der Waals surface area (Å²) < 4.78 is 51.6. The van der Waals surface area contributed by atoms with Crippen LogP contribution in [0, 0.1) is 5.82 Å². The minimum absolute atomic E-state index is 0.118. The van der Waals surface area contributed by atoms with E-state index < -0.39 is 29.2 Å². The summed E-state index contributed by atoms with van der Waals surface area (Å²) in [4.78, 5) is 3.92. The summed E-state index contributed by atoms with van der Waals surface area (Å²) in [5.41, 5.74) is -1.09. The number of pyridine rings is 1. The van der Waals surface area contributed by atoms with E-state index in [4.69, 9.17) is 0 Å². The van der Waals surface area contributed by atoms with E-state index in [0.717, 1.165) is 6.07 Å². The van der Waals surface area contributed by atoms with Gasteiger partial charge in [-0.25, -0.2) is 4.39 Å². The lowest BCUT2D eigenvalue weighted by Gasteiger charge is -2.17. The lowest BCUT2D eigenvalue weighted by molar-refractivity contribution is -0.139. The van der Waals surface area contributed by atoms with E-state index in [1.807, 2.05) is 0 Å². The van der Waals surface area contributed by atoms with Gasteiger partial charge in [-0.2, -0.15) is 13.2 Å². The normalized spacial score (nSPS) is 13.2. The summed E-state index contributed by atoms with van der Waals surface area (Å²) >= 11 is 0. The largest absolute Gasteiger partial charge is 0.416 e. The number of hydrogen-bond acceptors (Lipinski definition) is 2. The molecule has 2 aromatic rings. The maximum atomic E-state index is 13.1. The van der Waals surface area contributed by atoms with Crippen molar-refractivity contribution in [3.63, 3.8) is 0 Å². The molecule has 0 fully saturated rings. The van der Waals surface area contributed by atoms with E-state index in [9.17, 15) is 22.7 Å². The lowest BCUT2D eigenvalue weighted by Crippen LogP contribution is -2.14. The Bertz CT molecular complexity index is 583. The monoisotopic (exact) mass is 285 g/mol. The molecule has 1 unspecified atom stereocenters. The Morgan fingerprint density at radius 1 is 1.15 bits per heavy atom. The van der Waals surface area contributed by atoms with Gasteiger partial charge in [0.25, 0.3) is 0 Å². The smallest absolute Gasteiger partial charge is 0.388 e. The van der Waals surface area contributed by atoms with Crippen LogP contribution >= 0.6 is 0 Å². The number of nitrogens with zero attached hydrogens (tertiary/aromatic N) is 1. The van der Waals surface area contributed by atoms with Crippen molar-refractivity contribution in [3.05, 3.63) is 65.2 Å². The molecule has 2 nitrogen and oxygen atoms in total. The van der Waals surface area contributed by atoms with Gasteiger partial charge in [-0.15, -0.1) is 0 Å². The molecule has 0 saturated carbocycles. The van der Waals surface area contributed by atoms with Crippen LogP contribution in [-0.2, 0) is 12.6 Å². The molecule has 0 aliphatic rings. The highest BCUT2D eigenvalue weighted by molar-refractivity contribution is 5.33. The zero-order chi connectivity index (χ0) is 14.8. The van der Waals surface area contributed by atoms with Crippen molar-refractivity contribution < 1.29 is 22.7 Å². The van der Waals surface area contributed by atoms with E-state index in [1.54, 1.807) is 18.2 Å². The topological polar surface area (TPSA) is 33.1 Å². The molecule has 0 spiro atoms. The fourth-order valence-corrected chi connectivity index (χ4v) is 1.89. The predicted molar refractivity (Wildman–Crippen MR) is 64.3 cm³/mol.